The Morgan fingerprint density at radius 3 is 2.40 bits per heavy atom. The number of alkyl halides is 3. The van der Waals surface area contributed by atoms with E-state index in [9.17, 15) is 22.8 Å². The predicted octanol–water partition coefficient (Wildman–Crippen LogP) is 3.84. The molecule has 190 valence electrons. The standard InChI is InChI=1S/C25H32F3N5O2/c1-31(2)22(34)21-15-33(23(35)30-18-5-3-4-6-18)16-24(21)9-11-32(12-10-24)19-8-7-17(14-29)20(13-19)25(26,27)28/h7-8,13,18,21H,3-6,9-12,15-16H2,1-2H3,(H,30,35). The van der Waals surface area contributed by atoms with E-state index >= 15 is 0 Å². The first-order valence-electron chi connectivity index (χ1n) is 12.2. The molecule has 0 radical (unpaired) electrons. The number of carbonyl (C=O) groups is 2. The van der Waals surface area contributed by atoms with Crippen LogP contribution in [0.4, 0.5) is 23.7 Å². The number of nitrogens with one attached hydrogen (secondary N) is 1. The van der Waals surface area contributed by atoms with Gasteiger partial charge in [0, 0.05) is 57.4 Å². The highest BCUT2D eigenvalue weighted by Gasteiger charge is 2.53. The van der Waals surface area contributed by atoms with Gasteiger partial charge in [0.1, 0.15) is 0 Å². The molecular formula is C25H32F3N5O2. The molecule has 7 nitrogen and oxygen atoms in total. The first-order chi connectivity index (χ1) is 16.5. The number of likely N-dealkylation sites (tertiary alicyclic amines) is 1. The first kappa shape index (κ1) is 25.1. The number of halogens is 3. The van der Waals surface area contributed by atoms with Gasteiger partial charge in [0.25, 0.3) is 0 Å². The fourth-order valence-electron chi connectivity index (χ4n) is 5.89. The molecule has 35 heavy (non-hydrogen) atoms. The Kier molecular flexibility index (Phi) is 6.89. The van der Waals surface area contributed by atoms with Crippen LogP contribution >= 0.6 is 0 Å². The molecule has 1 spiro atoms. The molecule has 0 aromatic heterocycles. The lowest BCUT2D eigenvalue weighted by Gasteiger charge is -2.43. The van der Waals surface area contributed by atoms with E-state index in [1.807, 2.05) is 4.90 Å². The van der Waals surface area contributed by atoms with E-state index in [-0.39, 0.29) is 23.9 Å². The summed E-state index contributed by atoms with van der Waals surface area (Å²) in [5.74, 6) is -0.368. The number of nitriles is 1. The highest BCUT2D eigenvalue weighted by Crippen LogP contribution is 2.46. The average molecular weight is 492 g/mol. The van der Waals surface area contributed by atoms with Crippen LogP contribution in [0, 0.1) is 22.7 Å². The van der Waals surface area contributed by atoms with Crippen molar-refractivity contribution in [1.29, 1.82) is 5.26 Å². The normalized spacial score (nSPS) is 22.3. The minimum Gasteiger partial charge on any atom is -0.371 e. The molecule has 1 saturated carbocycles. The van der Waals surface area contributed by atoms with Gasteiger partial charge in [0.05, 0.1) is 23.1 Å². The molecule has 1 aromatic carbocycles. The molecule has 2 aliphatic heterocycles. The molecule has 3 aliphatic rings. The van der Waals surface area contributed by atoms with Gasteiger partial charge in [0.2, 0.25) is 5.91 Å². The maximum atomic E-state index is 13.4. The summed E-state index contributed by atoms with van der Waals surface area (Å²) in [6.07, 6.45) is 0.738. The van der Waals surface area contributed by atoms with Gasteiger partial charge in [-0.3, -0.25) is 4.79 Å². The molecule has 4 rings (SSSR count). The summed E-state index contributed by atoms with van der Waals surface area (Å²) in [4.78, 5) is 31.3. The van der Waals surface area contributed by atoms with Crippen LogP contribution in [0.3, 0.4) is 0 Å². The number of rotatable bonds is 3. The van der Waals surface area contributed by atoms with Crippen LogP contribution in [-0.2, 0) is 11.0 Å². The summed E-state index contributed by atoms with van der Waals surface area (Å²) in [6.45, 7) is 1.76. The van der Waals surface area contributed by atoms with Crippen LogP contribution in [0.5, 0.6) is 0 Å². The summed E-state index contributed by atoms with van der Waals surface area (Å²) in [5, 5.41) is 12.2. The summed E-state index contributed by atoms with van der Waals surface area (Å²) in [6, 6.07) is 5.47. The van der Waals surface area contributed by atoms with Crippen molar-refractivity contribution in [1.82, 2.24) is 15.1 Å². The van der Waals surface area contributed by atoms with Gasteiger partial charge >= 0.3 is 12.2 Å². The Bertz CT molecular complexity index is 1010. The molecule has 2 saturated heterocycles. The number of amides is 3. The molecular weight excluding hydrogens is 459 g/mol. The lowest BCUT2D eigenvalue weighted by atomic mass is 9.70. The fraction of sp³-hybridized carbons (Fsp3) is 0.640. The zero-order valence-corrected chi connectivity index (χ0v) is 20.2. The molecule has 10 heteroatoms. The summed E-state index contributed by atoms with van der Waals surface area (Å²) in [7, 11) is 3.42. The molecule has 0 bridgehead atoms. The second kappa shape index (κ2) is 9.59. The van der Waals surface area contributed by atoms with E-state index in [1.54, 1.807) is 36.0 Å². The van der Waals surface area contributed by atoms with Crippen molar-refractivity contribution in [3.05, 3.63) is 29.3 Å². The van der Waals surface area contributed by atoms with Crippen molar-refractivity contribution >= 4 is 17.6 Å². The molecule has 3 amide bonds. The van der Waals surface area contributed by atoms with E-state index in [0.717, 1.165) is 31.7 Å². The first-order valence-corrected chi connectivity index (χ1v) is 12.2. The minimum atomic E-state index is -4.61. The molecule has 1 aliphatic carbocycles. The van der Waals surface area contributed by atoms with Crippen LogP contribution in [0.15, 0.2) is 18.2 Å². The number of nitrogens with zero attached hydrogens (tertiary/aromatic N) is 4. The number of anilines is 1. The number of hydrogen-bond donors (Lipinski definition) is 1. The molecule has 1 aromatic rings. The van der Waals surface area contributed by atoms with Crippen LogP contribution in [0.1, 0.15) is 49.7 Å². The Labute approximate surface area is 203 Å². The van der Waals surface area contributed by atoms with Gasteiger partial charge < -0.3 is 20.0 Å². The van der Waals surface area contributed by atoms with Crippen molar-refractivity contribution < 1.29 is 22.8 Å². The van der Waals surface area contributed by atoms with Gasteiger partial charge in [-0.05, 0) is 43.9 Å². The van der Waals surface area contributed by atoms with E-state index in [1.165, 1.54) is 6.07 Å². The average Bonchev–Trinajstić information content (AvgIpc) is 3.46. The van der Waals surface area contributed by atoms with Crippen LogP contribution in [-0.4, -0.2) is 68.1 Å². The Morgan fingerprint density at radius 2 is 1.83 bits per heavy atom. The van der Waals surface area contributed by atoms with Gasteiger partial charge in [-0.2, -0.15) is 18.4 Å². The number of piperidine rings is 1. The van der Waals surface area contributed by atoms with Crippen molar-refractivity contribution in [2.24, 2.45) is 11.3 Å². The molecule has 1 N–H and O–H groups in total. The van der Waals surface area contributed by atoms with Gasteiger partial charge in [-0.15, -0.1) is 0 Å². The number of carbonyl (C=O) groups excluding carboxylic acids is 2. The number of urea groups is 1. The summed E-state index contributed by atoms with van der Waals surface area (Å²) < 4.78 is 40.3. The van der Waals surface area contributed by atoms with E-state index in [2.05, 4.69) is 5.32 Å². The number of benzene rings is 1. The SMILES string of the molecule is CN(C)C(=O)C1CN(C(=O)NC2CCCC2)CC12CCN(c1ccc(C#N)c(C(F)(F)F)c1)CC2. The van der Waals surface area contributed by atoms with Gasteiger partial charge in [-0.1, -0.05) is 12.8 Å². The van der Waals surface area contributed by atoms with E-state index in [0.29, 0.717) is 44.7 Å². The lowest BCUT2D eigenvalue weighted by molar-refractivity contribution is -0.138. The second-order valence-electron chi connectivity index (χ2n) is 10.3. The highest BCUT2D eigenvalue weighted by atomic mass is 19.4. The van der Waals surface area contributed by atoms with Gasteiger partial charge in [0.15, 0.2) is 0 Å². The van der Waals surface area contributed by atoms with Crippen LogP contribution in [0.2, 0.25) is 0 Å². The second-order valence-corrected chi connectivity index (χ2v) is 10.3. The minimum absolute atomic E-state index is 0.0210. The third kappa shape index (κ3) is 5.04. The zero-order valence-electron chi connectivity index (χ0n) is 20.2. The third-order valence-corrected chi connectivity index (χ3v) is 7.91. The Balaban J connectivity index is 1.51. The lowest BCUT2D eigenvalue weighted by Crippen LogP contribution is -2.48. The Morgan fingerprint density at radius 1 is 1.17 bits per heavy atom. The number of hydrogen-bond acceptors (Lipinski definition) is 4. The van der Waals surface area contributed by atoms with Gasteiger partial charge in [-0.25, -0.2) is 4.79 Å². The maximum Gasteiger partial charge on any atom is 0.417 e. The molecule has 1 atom stereocenters. The predicted molar refractivity (Wildman–Crippen MR) is 125 cm³/mol. The maximum absolute atomic E-state index is 13.4. The largest absolute Gasteiger partial charge is 0.417 e. The monoisotopic (exact) mass is 491 g/mol. The zero-order chi connectivity index (χ0) is 25.4. The quantitative estimate of drug-likeness (QED) is 0.697. The molecule has 3 fully saturated rings. The fourth-order valence-corrected chi connectivity index (χ4v) is 5.89. The topological polar surface area (TPSA) is 79.7 Å². The molecule has 1 unspecified atom stereocenters. The van der Waals surface area contributed by atoms with Crippen molar-refractivity contribution in [2.45, 2.75) is 50.7 Å². The van der Waals surface area contributed by atoms with Crippen molar-refractivity contribution in [3.63, 3.8) is 0 Å². The van der Waals surface area contributed by atoms with E-state index < -0.39 is 22.7 Å². The van der Waals surface area contributed by atoms with E-state index in [4.69, 9.17) is 5.26 Å². The Hall–Kier alpha value is -2.96. The smallest absolute Gasteiger partial charge is 0.371 e. The van der Waals surface area contributed by atoms with Crippen molar-refractivity contribution in [2.75, 3.05) is 45.2 Å². The van der Waals surface area contributed by atoms with Crippen LogP contribution < -0.4 is 10.2 Å². The summed E-state index contributed by atoms with van der Waals surface area (Å²) >= 11 is 0. The summed E-state index contributed by atoms with van der Waals surface area (Å²) in [5.41, 5.74) is -1.33. The highest BCUT2D eigenvalue weighted by molar-refractivity contribution is 5.82. The third-order valence-electron chi connectivity index (χ3n) is 7.91. The molecule has 2 heterocycles. The van der Waals surface area contributed by atoms with Crippen molar-refractivity contribution in [3.8, 4) is 6.07 Å². The van der Waals surface area contributed by atoms with Crippen LogP contribution in [0.25, 0.3) is 0 Å².